The van der Waals surface area contributed by atoms with E-state index in [1.807, 2.05) is 30.3 Å². The van der Waals surface area contributed by atoms with Crippen LogP contribution in [-0.4, -0.2) is 21.6 Å². The molecule has 2 N–H and O–H groups in total. The van der Waals surface area contributed by atoms with Crippen molar-refractivity contribution >= 4 is 29.2 Å². The molecule has 0 saturated carbocycles. The van der Waals surface area contributed by atoms with E-state index in [1.54, 1.807) is 6.07 Å². The maximum absolute atomic E-state index is 9.65. The number of halogens is 2. The molecule has 0 fully saturated rings. The minimum Gasteiger partial charge on any atom is -0.513 e. The van der Waals surface area contributed by atoms with Gasteiger partial charge in [0, 0.05) is 30.8 Å². The highest BCUT2D eigenvalue weighted by Gasteiger charge is 2.19. The lowest BCUT2D eigenvalue weighted by molar-refractivity contribution is 0.391. The molecule has 6 heteroatoms. The van der Waals surface area contributed by atoms with Crippen molar-refractivity contribution in [3.63, 3.8) is 0 Å². The fourth-order valence-corrected chi connectivity index (χ4v) is 3.61. The Labute approximate surface area is 188 Å². The molecule has 0 radical (unpaired) electrons. The number of aromatic nitrogens is 2. The van der Waals surface area contributed by atoms with Crippen LogP contribution in [0.2, 0.25) is 10.0 Å². The van der Waals surface area contributed by atoms with Crippen LogP contribution in [0.4, 0.5) is 5.95 Å². The van der Waals surface area contributed by atoms with Gasteiger partial charge >= 0.3 is 0 Å². The Morgan fingerprint density at radius 1 is 1.13 bits per heavy atom. The van der Waals surface area contributed by atoms with Crippen LogP contribution in [0.1, 0.15) is 31.5 Å². The minimum atomic E-state index is 0.159. The highest BCUT2D eigenvalue weighted by atomic mass is 35.5. The molecule has 0 aliphatic carbocycles. The van der Waals surface area contributed by atoms with Crippen LogP contribution in [-0.2, 0) is 13.0 Å². The molecule has 3 aromatic rings. The second kappa shape index (κ2) is 10.1. The van der Waals surface area contributed by atoms with Crippen molar-refractivity contribution < 1.29 is 5.11 Å². The summed E-state index contributed by atoms with van der Waals surface area (Å²) in [6.45, 7) is 9.25. The summed E-state index contributed by atoms with van der Waals surface area (Å²) in [6.07, 6.45) is 1.32. The molecule has 0 unspecified atom stereocenters. The molecule has 3 rings (SSSR count). The molecule has 0 spiro atoms. The van der Waals surface area contributed by atoms with Gasteiger partial charge in [0.1, 0.15) is 0 Å². The molecule has 4 nitrogen and oxygen atoms in total. The Hall–Kier alpha value is -2.43. The van der Waals surface area contributed by atoms with Crippen LogP contribution in [0.25, 0.3) is 11.3 Å². The standard InChI is InChI=1S/C24H27Cl2N3O/c1-16(2)13-22-23(19-9-10-20(25)21(26)14-19)28-24(27-22)29(12-11-17(3)30)15-18-7-5-4-6-8-18/h4-10,14,16,30H,3,11-13,15H2,1-2H3,(H,27,28). The van der Waals surface area contributed by atoms with Crippen molar-refractivity contribution in [3.8, 4) is 11.3 Å². The summed E-state index contributed by atoms with van der Waals surface area (Å²) in [5.41, 5.74) is 4.02. The maximum atomic E-state index is 9.65. The van der Waals surface area contributed by atoms with Gasteiger partial charge in [0.15, 0.2) is 0 Å². The molecule has 1 aromatic heterocycles. The fraction of sp³-hybridized carbons (Fsp3) is 0.292. The van der Waals surface area contributed by atoms with Gasteiger partial charge in [-0.2, -0.15) is 0 Å². The van der Waals surface area contributed by atoms with E-state index in [-0.39, 0.29) is 5.76 Å². The van der Waals surface area contributed by atoms with Crippen molar-refractivity contribution in [3.05, 3.63) is 82.2 Å². The number of hydrogen-bond donors (Lipinski definition) is 2. The van der Waals surface area contributed by atoms with Gasteiger partial charge in [-0.15, -0.1) is 0 Å². The normalized spacial score (nSPS) is 11.1. The van der Waals surface area contributed by atoms with Crippen LogP contribution < -0.4 is 4.90 Å². The number of anilines is 1. The lowest BCUT2D eigenvalue weighted by Crippen LogP contribution is -2.25. The third kappa shape index (κ3) is 5.80. The van der Waals surface area contributed by atoms with Crippen LogP contribution >= 0.6 is 23.2 Å². The third-order valence-corrected chi connectivity index (χ3v) is 5.50. The van der Waals surface area contributed by atoms with E-state index in [4.69, 9.17) is 28.2 Å². The van der Waals surface area contributed by atoms with Crippen molar-refractivity contribution in [1.29, 1.82) is 0 Å². The molecule has 0 aliphatic rings. The number of nitrogens with zero attached hydrogens (tertiary/aromatic N) is 2. The zero-order chi connectivity index (χ0) is 21.7. The Bertz CT molecular complexity index is 999. The Kier molecular flexibility index (Phi) is 7.46. The average Bonchev–Trinajstić information content (AvgIpc) is 3.11. The zero-order valence-corrected chi connectivity index (χ0v) is 18.8. The summed E-state index contributed by atoms with van der Waals surface area (Å²) in [5.74, 6) is 1.38. The second-order valence-electron chi connectivity index (χ2n) is 7.84. The first-order valence-electron chi connectivity index (χ1n) is 10.0. The monoisotopic (exact) mass is 443 g/mol. The van der Waals surface area contributed by atoms with Crippen LogP contribution in [0.3, 0.4) is 0 Å². The number of H-pyrrole nitrogens is 1. The Morgan fingerprint density at radius 3 is 2.50 bits per heavy atom. The van der Waals surface area contributed by atoms with E-state index < -0.39 is 0 Å². The quantitative estimate of drug-likeness (QED) is 0.348. The first kappa shape index (κ1) is 22.3. The molecule has 158 valence electrons. The van der Waals surface area contributed by atoms with Gasteiger partial charge in [-0.05, 0) is 30.0 Å². The molecule has 0 amide bonds. The number of rotatable bonds is 9. The lowest BCUT2D eigenvalue weighted by Gasteiger charge is -2.22. The number of aliphatic hydroxyl groups is 1. The number of aliphatic hydroxyl groups excluding tert-OH is 1. The van der Waals surface area contributed by atoms with Gasteiger partial charge in [0.2, 0.25) is 5.95 Å². The first-order chi connectivity index (χ1) is 14.3. The SMILES string of the molecule is C=C(O)CCN(Cc1ccccc1)c1nc(-c2ccc(Cl)c(Cl)c2)c(CC(C)C)[nH]1. The second-order valence-corrected chi connectivity index (χ2v) is 8.65. The number of nitrogens with one attached hydrogen (secondary N) is 1. The Morgan fingerprint density at radius 2 is 1.87 bits per heavy atom. The summed E-state index contributed by atoms with van der Waals surface area (Å²) in [5, 5.41) is 10.7. The van der Waals surface area contributed by atoms with Crippen LogP contribution in [0.5, 0.6) is 0 Å². The number of imidazole rings is 1. The van der Waals surface area contributed by atoms with E-state index in [0.29, 0.717) is 35.5 Å². The molecular formula is C24H27Cl2N3O. The molecule has 0 atom stereocenters. The lowest BCUT2D eigenvalue weighted by atomic mass is 10.0. The highest BCUT2D eigenvalue weighted by Crippen LogP contribution is 2.32. The van der Waals surface area contributed by atoms with E-state index in [0.717, 1.165) is 29.3 Å². The molecular weight excluding hydrogens is 417 g/mol. The van der Waals surface area contributed by atoms with E-state index in [2.05, 4.69) is 42.4 Å². The summed E-state index contributed by atoms with van der Waals surface area (Å²) in [4.78, 5) is 10.6. The molecule has 30 heavy (non-hydrogen) atoms. The van der Waals surface area contributed by atoms with Crippen molar-refractivity contribution in [2.75, 3.05) is 11.4 Å². The van der Waals surface area contributed by atoms with Crippen molar-refractivity contribution in [1.82, 2.24) is 9.97 Å². The van der Waals surface area contributed by atoms with Gasteiger partial charge < -0.3 is 15.0 Å². The molecule has 0 saturated heterocycles. The van der Waals surface area contributed by atoms with Gasteiger partial charge in [-0.25, -0.2) is 4.98 Å². The van der Waals surface area contributed by atoms with Gasteiger partial charge in [0.05, 0.1) is 21.5 Å². The fourth-order valence-electron chi connectivity index (χ4n) is 3.31. The summed E-state index contributed by atoms with van der Waals surface area (Å²) in [7, 11) is 0. The number of hydrogen-bond acceptors (Lipinski definition) is 3. The van der Waals surface area contributed by atoms with Crippen LogP contribution in [0, 0.1) is 5.92 Å². The van der Waals surface area contributed by atoms with E-state index >= 15 is 0 Å². The first-order valence-corrected chi connectivity index (χ1v) is 10.8. The third-order valence-electron chi connectivity index (χ3n) is 4.76. The van der Waals surface area contributed by atoms with Gasteiger partial charge in [-0.1, -0.05) is 80.0 Å². The van der Waals surface area contributed by atoms with Crippen molar-refractivity contribution in [2.24, 2.45) is 5.92 Å². The average molecular weight is 444 g/mol. The number of aromatic amines is 1. The predicted molar refractivity (Wildman–Crippen MR) is 126 cm³/mol. The molecule has 0 bridgehead atoms. The minimum absolute atomic E-state index is 0.159. The Balaban J connectivity index is 2.00. The summed E-state index contributed by atoms with van der Waals surface area (Å²) < 4.78 is 0. The molecule has 1 heterocycles. The van der Waals surface area contributed by atoms with E-state index in [9.17, 15) is 5.11 Å². The molecule has 2 aromatic carbocycles. The highest BCUT2D eigenvalue weighted by molar-refractivity contribution is 6.42. The van der Waals surface area contributed by atoms with Crippen molar-refractivity contribution in [2.45, 2.75) is 33.2 Å². The maximum Gasteiger partial charge on any atom is 0.203 e. The summed E-state index contributed by atoms with van der Waals surface area (Å²) in [6, 6.07) is 15.8. The van der Waals surface area contributed by atoms with Gasteiger partial charge in [-0.3, -0.25) is 0 Å². The number of benzene rings is 2. The topological polar surface area (TPSA) is 52.1 Å². The van der Waals surface area contributed by atoms with Crippen LogP contribution in [0.15, 0.2) is 60.9 Å². The summed E-state index contributed by atoms with van der Waals surface area (Å²) >= 11 is 12.4. The predicted octanol–water partition coefficient (Wildman–Crippen LogP) is 7.05. The van der Waals surface area contributed by atoms with E-state index in [1.165, 1.54) is 5.56 Å². The smallest absolute Gasteiger partial charge is 0.203 e. The largest absolute Gasteiger partial charge is 0.513 e. The molecule has 0 aliphatic heterocycles. The zero-order valence-electron chi connectivity index (χ0n) is 17.3. The van der Waals surface area contributed by atoms with Gasteiger partial charge in [0.25, 0.3) is 0 Å².